The summed E-state index contributed by atoms with van der Waals surface area (Å²) < 4.78 is 2.29. The molecule has 3 heterocycles. The first-order valence-electron chi connectivity index (χ1n) is 7.69. The summed E-state index contributed by atoms with van der Waals surface area (Å²) in [6, 6.07) is 0. The van der Waals surface area contributed by atoms with Crippen LogP contribution in [-0.2, 0) is 6.54 Å². The van der Waals surface area contributed by atoms with Crippen LogP contribution in [0.4, 0.5) is 10.9 Å². The highest BCUT2D eigenvalue weighted by Crippen LogP contribution is 2.30. The van der Waals surface area contributed by atoms with Crippen molar-refractivity contribution in [2.45, 2.75) is 26.8 Å². The van der Waals surface area contributed by atoms with E-state index in [0.29, 0.717) is 0 Å². The van der Waals surface area contributed by atoms with Gasteiger partial charge in [0.25, 0.3) is 0 Å². The zero-order chi connectivity index (χ0) is 16.4. The molecule has 0 spiro atoms. The Morgan fingerprint density at radius 2 is 2.04 bits per heavy atom. The van der Waals surface area contributed by atoms with Crippen LogP contribution in [0.25, 0.3) is 11.0 Å². The van der Waals surface area contributed by atoms with Crippen molar-refractivity contribution < 1.29 is 0 Å². The van der Waals surface area contributed by atoms with Crippen molar-refractivity contribution in [3.63, 3.8) is 0 Å². The highest BCUT2D eigenvalue weighted by Gasteiger charge is 2.16. The van der Waals surface area contributed by atoms with E-state index in [9.17, 15) is 0 Å². The molecule has 122 valence electrons. The molecule has 3 aromatic rings. The third-order valence-corrected chi connectivity index (χ3v) is 4.74. The maximum atomic E-state index is 4.53. The Labute approximate surface area is 140 Å². The molecule has 0 fully saturated rings. The van der Waals surface area contributed by atoms with E-state index in [1.807, 2.05) is 5.38 Å². The van der Waals surface area contributed by atoms with Gasteiger partial charge in [0.2, 0.25) is 0 Å². The fourth-order valence-electron chi connectivity index (χ4n) is 2.77. The topological polar surface area (TPSA) is 58.9 Å². The summed E-state index contributed by atoms with van der Waals surface area (Å²) in [7, 11) is 4.20. The molecule has 1 N–H and O–H groups in total. The van der Waals surface area contributed by atoms with E-state index in [-0.39, 0.29) is 0 Å². The van der Waals surface area contributed by atoms with Crippen molar-refractivity contribution in [3.8, 4) is 0 Å². The van der Waals surface area contributed by atoms with Gasteiger partial charge in [0.1, 0.15) is 17.8 Å². The van der Waals surface area contributed by atoms with Crippen molar-refractivity contribution in [1.29, 1.82) is 0 Å². The van der Waals surface area contributed by atoms with Gasteiger partial charge in [-0.05, 0) is 46.5 Å². The second-order valence-corrected chi connectivity index (χ2v) is 6.80. The van der Waals surface area contributed by atoms with E-state index in [1.54, 1.807) is 23.9 Å². The number of hydrogen-bond donors (Lipinski definition) is 1. The maximum Gasteiger partial charge on any atom is 0.188 e. The van der Waals surface area contributed by atoms with Crippen molar-refractivity contribution in [2.75, 3.05) is 26.0 Å². The van der Waals surface area contributed by atoms with Crippen LogP contribution in [0.1, 0.15) is 17.7 Å². The molecule has 0 atom stereocenters. The van der Waals surface area contributed by atoms with E-state index in [4.69, 9.17) is 0 Å². The Hall–Kier alpha value is -1.99. The van der Waals surface area contributed by atoms with Gasteiger partial charge in [-0.15, -0.1) is 11.3 Å². The van der Waals surface area contributed by atoms with Crippen molar-refractivity contribution in [2.24, 2.45) is 0 Å². The van der Waals surface area contributed by atoms with Gasteiger partial charge in [0, 0.05) is 23.8 Å². The highest BCUT2D eigenvalue weighted by atomic mass is 32.1. The maximum absolute atomic E-state index is 4.53. The third-order valence-electron chi connectivity index (χ3n) is 4.05. The molecule has 0 unspecified atom stereocenters. The average molecular weight is 330 g/mol. The quantitative estimate of drug-likeness (QED) is 0.752. The molecule has 0 aliphatic carbocycles. The Bertz CT molecular complexity index is 791. The van der Waals surface area contributed by atoms with Crippen LogP contribution in [0, 0.1) is 13.8 Å². The molecule has 0 aliphatic heterocycles. The second-order valence-electron chi connectivity index (χ2n) is 5.90. The first-order chi connectivity index (χ1) is 11.1. The van der Waals surface area contributed by atoms with Gasteiger partial charge in [0.05, 0.1) is 5.39 Å². The lowest BCUT2D eigenvalue weighted by Gasteiger charge is -2.11. The smallest absolute Gasteiger partial charge is 0.188 e. The summed E-state index contributed by atoms with van der Waals surface area (Å²) in [5.74, 6) is 0.830. The molecule has 0 aromatic carbocycles. The molecule has 0 radical (unpaired) electrons. The Morgan fingerprint density at radius 3 is 2.74 bits per heavy atom. The number of aryl methyl sites for hydroxylation is 2. The van der Waals surface area contributed by atoms with Gasteiger partial charge in [-0.1, -0.05) is 0 Å². The van der Waals surface area contributed by atoms with Crippen LogP contribution in [0.3, 0.4) is 0 Å². The first kappa shape index (κ1) is 15.9. The zero-order valence-electron chi connectivity index (χ0n) is 14.0. The fourth-order valence-corrected chi connectivity index (χ4v) is 3.30. The molecule has 0 amide bonds. The van der Waals surface area contributed by atoms with Crippen molar-refractivity contribution in [3.05, 3.63) is 29.2 Å². The number of anilines is 2. The van der Waals surface area contributed by atoms with Gasteiger partial charge in [-0.2, -0.15) is 0 Å². The molecule has 3 aromatic heterocycles. The van der Waals surface area contributed by atoms with Crippen LogP contribution < -0.4 is 5.32 Å². The van der Waals surface area contributed by atoms with E-state index < -0.39 is 0 Å². The number of aromatic nitrogens is 4. The summed E-state index contributed by atoms with van der Waals surface area (Å²) in [4.78, 5) is 15.4. The lowest BCUT2D eigenvalue weighted by atomic mass is 10.2. The third kappa shape index (κ3) is 3.20. The SMILES string of the molecule is Cc1c(C)n(CCCN(C)C)c2ncnc(Nc3nccs3)c12. The second kappa shape index (κ2) is 6.64. The number of fused-ring (bicyclic) bond motifs is 1. The molecule has 6 nitrogen and oxygen atoms in total. The fraction of sp³-hybridized carbons (Fsp3) is 0.438. The number of hydrogen-bond acceptors (Lipinski definition) is 6. The summed E-state index contributed by atoms with van der Waals surface area (Å²) in [6.45, 7) is 6.31. The van der Waals surface area contributed by atoms with Crippen LogP contribution in [0.5, 0.6) is 0 Å². The first-order valence-corrected chi connectivity index (χ1v) is 8.57. The van der Waals surface area contributed by atoms with E-state index in [2.05, 4.69) is 57.7 Å². The standard InChI is InChI=1S/C16H22N6S/c1-11-12(2)22(8-5-7-21(3)4)15-13(11)14(18-10-19-15)20-16-17-6-9-23-16/h6,9-10H,5,7-8H2,1-4H3,(H,17,18,19,20). The number of thiazole rings is 1. The largest absolute Gasteiger partial charge is 0.329 e. The minimum atomic E-state index is 0.830. The summed E-state index contributed by atoms with van der Waals surface area (Å²) in [5.41, 5.74) is 3.47. The average Bonchev–Trinajstić information content (AvgIpc) is 3.10. The number of nitrogens with zero attached hydrogens (tertiary/aromatic N) is 5. The molecule has 0 saturated carbocycles. The molecular weight excluding hydrogens is 308 g/mol. The minimum Gasteiger partial charge on any atom is -0.329 e. The monoisotopic (exact) mass is 330 g/mol. The predicted octanol–water partition coefficient (Wildman–Crippen LogP) is 3.20. The summed E-state index contributed by atoms with van der Waals surface area (Å²) in [5, 5.41) is 7.20. The molecule has 23 heavy (non-hydrogen) atoms. The number of nitrogens with one attached hydrogen (secondary N) is 1. The molecule has 7 heteroatoms. The Kier molecular flexibility index (Phi) is 4.58. The molecule has 0 bridgehead atoms. The van der Waals surface area contributed by atoms with Gasteiger partial charge >= 0.3 is 0 Å². The normalized spacial score (nSPS) is 11.5. The van der Waals surface area contributed by atoms with E-state index >= 15 is 0 Å². The zero-order valence-corrected chi connectivity index (χ0v) is 14.8. The van der Waals surface area contributed by atoms with Crippen molar-refractivity contribution >= 4 is 33.3 Å². The summed E-state index contributed by atoms with van der Waals surface area (Å²) >= 11 is 1.57. The Balaban J connectivity index is 1.98. The van der Waals surface area contributed by atoms with Crippen LogP contribution >= 0.6 is 11.3 Å². The molecule has 0 aliphatic rings. The lowest BCUT2D eigenvalue weighted by Crippen LogP contribution is -2.15. The Morgan fingerprint density at radius 1 is 1.22 bits per heavy atom. The van der Waals surface area contributed by atoms with E-state index in [0.717, 1.165) is 41.5 Å². The highest BCUT2D eigenvalue weighted by molar-refractivity contribution is 7.13. The summed E-state index contributed by atoms with van der Waals surface area (Å²) in [6.07, 6.45) is 4.51. The van der Waals surface area contributed by atoms with Gasteiger partial charge in [-0.3, -0.25) is 0 Å². The molecule has 0 saturated heterocycles. The van der Waals surface area contributed by atoms with Crippen LogP contribution in [0.2, 0.25) is 0 Å². The van der Waals surface area contributed by atoms with Crippen LogP contribution in [0.15, 0.2) is 17.9 Å². The van der Waals surface area contributed by atoms with Gasteiger partial charge in [0.15, 0.2) is 5.13 Å². The number of rotatable bonds is 6. The minimum absolute atomic E-state index is 0.830. The van der Waals surface area contributed by atoms with Crippen molar-refractivity contribution in [1.82, 2.24) is 24.4 Å². The van der Waals surface area contributed by atoms with Crippen LogP contribution in [-0.4, -0.2) is 45.1 Å². The molecule has 3 rings (SSSR count). The predicted molar refractivity (Wildman–Crippen MR) is 95.6 cm³/mol. The van der Waals surface area contributed by atoms with E-state index in [1.165, 1.54) is 11.3 Å². The molecular formula is C16H22N6S. The lowest BCUT2D eigenvalue weighted by molar-refractivity contribution is 0.387. The van der Waals surface area contributed by atoms with Gasteiger partial charge < -0.3 is 14.8 Å². The van der Waals surface area contributed by atoms with Gasteiger partial charge in [-0.25, -0.2) is 15.0 Å².